The van der Waals surface area contributed by atoms with Crippen LogP contribution in [0.2, 0.25) is 0 Å². The molecule has 0 spiro atoms. The fraction of sp³-hybridized carbons (Fsp3) is 0.846. The van der Waals surface area contributed by atoms with Gasteiger partial charge >= 0.3 is 12.0 Å². The Morgan fingerprint density at radius 3 is 2.47 bits per heavy atom. The number of ether oxygens (including phenoxy) is 1. The Balaban J connectivity index is 1.99. The van der Waals surface area contributed by atoms with Gasteiger partial charge in [0, 0.05) is 25.7 Å². The summed E-state index contributed by atoms with van der Waals surface area (Å²) in [6.45, 7) is 5.74. The first-order valence-corrected chi connectivity index (χ1v) is 6.90. The number of carbonyl (C=O) groups is 2. The van der Waals surface area contributed by atoms with Crippen molar-refractivity contribution in [2.24, 2.45) is 0 Å². The predicted molar refractivity (Wildman–Crippen MR) is 69.0 cm³/mol. The molecule has 2 aliphatic rings. The zero-order valence-corrected chi connectivity index (χ0v) is 11.5. The van der Waals surface area contributed by atoms with Gasteiger partial charge in [-0.05, 0) is 26.7 Å². The first-order valence-electron chi connectivity index (χ1n) is 6.90. The highest BCUT2D eigenvalue weighted by Crippen LogP contribution is 2.23. The molecule has 2 saturated heterocycles. The maximum Gasteiger partial charge on any atom is 0.320 e. The number of rotatable bonds is 2. The molecule has 19 heavy (non-hydrogen) atoms. The standard InChI is InChI=1S/C13H22N2O4/c1-9-7-14(8-10(2)19-9)13(18)15-5-3-4-11(15)6-12(16)17/h9-11H,3-8H2,1-2H3,(H,16,17)/t9-,10+,11?. The van der Waals surface area contributed by atoms with Crippen molar-refractivity contribution in [3.8, 4) is 0 Å². The van der Waals surface area contributed by atoms with Crippen LogP contribution in [0.1, 0.15) is 33.1 Å². The number of carbonyl (C=O) groups excluding carboxylic acids is 1. The maximum atomic E-state index is 12.5. The van der Waals surface area contributed by atoms with E-state index in [0.29, 0.717) is 19.6 Å². The van der Waals surface area contributed by atoms with Crippen LogP contribution < -0.4 is 0 Å². The van der Waals surface area contributed by atoms with Gasteiger partial charge in [-0.25, -0.2) is 4.79 Å². The molecular weight excluding hydrogens is 248 g/mol. The first kappa shape index (κ1) is 14.1. The molecule has 0 bridgehead atoms. The topological polar surface area (TPSA) is 70.1 Å². The number of hydrogen-bond acceptors (Lipinski definition) is 3. The fourth-order valence-corrected chi connectivity index (χ4v) is 3.02. The number of carboxylic acids is 1. The summed E-state index contributed by atoms with van der Waals surface area (Å²) in [6, 6.07) is -0.191. The van der Waals surface area contributed by atoms with Crippen LogP contribution in [-0.4, -0.2) is 64.8 Å². The third kappa shape index (κ3) is 3.37. The van der Waals surface area contributed by atoms with E-state index in [2.05, 4.69) is 0 Å². The lowest BCUT2D eigenvalue weighted by atomic mass is 10.1. The third-order valence-electron chi connectivity index (χ3n) is 3.72. The van der Waals surface area contributed by atoms with E-state index in [9.17, 15) is 9.59 Å². The number of carboxylic acid groups (broad SMARTS) is 1. The second-order valence-electron chi connectivity index (χ2n) is 5.53. The zero-order chi connectivity index (χ0) is 14.0. The molecule has 2 fully saturated rings. The number of urea groups is 1. The van der Waals surface area contributed by atoms with Crippen molar-refractivity contribution in [3.05, 3.63) is 0 Å². The Morgan fingerprint density at radius 2 is 1.89 bits per heavy atom. The summed E-state index contributed by atoms with van der Waals surface area (Å²) in [5.41, 5.74) is 0. The molecule has 0 radical (unpaired) electrons. The minimum absolute atomic E-state index is 0.0354. The highest BCUT2D eigenvalue weighted by molar-refractivity contribution is 5.76. The molecule has 0 aromatic rings. The molecule has 0 saturated carbocycles. The maximum absolute atomic E-state index is 12.5. The van der Waals surface area contributed by atoms with Crippen LogP contribution in [0.15, 0.2) is 0 Å². The van der Waals surface area contributed by atoms with Crippen LogP contribution in [0, 0.1) is 0 Å². The average molecular weight is 270 g/mol. The Hall–Kier alpha value is -1.30. The Morgan fingerprint density at radius 1 is 1.26 bits per heavy atom. The molecule has 2 heterocycles. The van der Waals surface area contributed by atoms with Gasteiger partial charge < -0.3 is 19.6 Å². The molecule has 108 valence electrons. The predicted octanol–water partition coefficient (Wildman–Crippen LogP) is 1.15. The first-order chi connectivity index (χ1) is 8.97. The van der Waals surface area contributed by atoms with Gasteiger partial charge in [0.2, 0.25) is 0 Å². The second-order valence-corrected chi connectivity index (χ2v) is 5.53. The van der Waals surface area contributed by atoms with Gasteiger partial charge in [0.25, 0.3) is 0 Å². The molecule has 6 nitrogen and oxygen atoms in total. The number of likely N-dealkylation sites (tertiary alicyclic amines) is 1. The fourth-order valence-electron chi connectivity index (χ4n) is 3.02. The van der Waals surface area contributed by atoms with E-state index in [4.69, 9.17) is 9.84 Å². The summed E-state index contributed by atoms with van der Waals surface area (Å²) in [7, 11) is 0. The Labute approximate surface area is 113 Å². The quantitative estimate of drug-likeness (QED) is 0.817. The highest BCUT2D eigenvalue weighted by Gasteiger charge is 2.35. The van der Waals surface area contributed by atoms with Gasteiger partial charge in [0.05, 0.1) is 18.6 Å². The molecule has 3 atom stereocenters. The van der Waals surface area contributed by atoms with Crippen LogP contribution in [-0.2, 0) is 9.53 Å². The Bertz CT molecular complexity index is 351. The molecule has 2 amide bonds. The van der Waals surface area contributed by atoms with E-state index in [1.807, 2.05) is 13.8 Å². The molecule has 0 aromatic heterocycles. The average Bonchev–Trinajstić information content (AvgIpc) is 2.73. The van der Waals surface area contributed by atoms with Crippen molar-refractivity contribution in [2.75, 3.05) is 19.6 Å². The van der Waals surface area contributed by atoms with Crippen molar-refractivity contribution in [1.29, 1.82) is 0 Å². The summed E-state index contributed by atoms with van der Waals surface area (Å²) < 4.78 is 5.61. The van der Waals surface area contributed by atoms with Crippen molar-refractivity contribution >= 4 is 12.0 Å². The Kier molecular flexibility index (Phi) is 4.29. The van der Waals surface area contributed by atoms with E-state index >= 15 is 0 Å². The number of hydrogen-bond donors (Lipinski definition) is 1. The van der Waals surface area contributed by atoms with Gasteiger partial charge in [-0.2, -0.15) is 0 Å². The molecular formula is C13H22N2O4. The van der Waals surface area contributed by atoms with Crippen LogP contribution in [0.5, 0.6) is 0 Å². The largest absolute Gasteiger partial charge is 0.481 e. The molecule has 1 N–H and O–H groups in total. The van der Waals surface area contributed by atoms with Crippen molar-refractivity contribution in [3.63, 3.8) is 0 Å². The van der Waals surface area contributed by atoms with Crippen LogP contribution in [0.25, 0.3) is 0 Å². The van der Waals surface area contributed by atoms with E-state index in [0.717, 1.165) is 12.8 Å². The van der Waals surface area contributed by atoms with Gasteiger partial charge in [0.15, 0.2) is 0 Å². The van der Waals surface area contributed by atoms with E-state index in [-0.39, 0.29) is 30.7 Å². The van der Waals surface area contributed by atoms with E-state index in [1.165, 1.54) is 0 Å². The molecule has 0 aliphatic carbocycles. The lowest BCUT2D eigenvalue weighted by Gasteiger charge is -2.38. The monoisotopic (exact) mass is 270 g/mol. The number of morpholine rings is 1. The van der Waals surface area contributed by atoms with Gasteiger partial charge in [-0.15, -0.1) is 0 Å². The lowest BCUT2D eigenvalue weighted by Crippen LogP contribution is -2.54. The minimum atomic E-state index is -0.839. The summed E-state index contributed by atoms with van der Waals surface area (Å²) in [5.74, 6) is -0.839. The third-order valence-corrected chi connectivity index (χ3v) is 3.72. The highest BCUT2D eigenvalue weighted by atomic mass is 16.5. The number of aliphatic carboxylic acids is 1. The van der Waals surface area contributed by atoms with Crippen LogP contribution in [0.4, 0.5) is 4.79 Å². The lowest BCUT2D eigenvalue weighted by molar-refractivity contribution is -0.138. The van der Waals surface area contributed by atoms with Crippen molar-refractivity contribution in [1.82, 2.24) is 9.80 Å². The summed E-state index contributed by atoms with van der Waals surface area (Å²) in [4.78, 5) is 26.8. The molecule has 1 unspecified atom stereocenters. The van der Waals surface area contributed by atoms with Crippen molar-refractivity contribution < 1.29 is 19.4 Å². The van der Waals surface area contributed by atoms with Crippen LogP contribution >= 0.6 is 0 Å². The second kappa shape index (κ2) is 5.77. The number of nitrogens with zero attached hydrogens (tertiary/aromatic N) is 2. The van der Waals surface area contributed by atoms with Gasteiger partial charge in [0.1, 0.15) is 0 Å². The normalized spacial score (nSPS) is 31.6. The summed E-state index contributed by atoms with van der Waals surface area (Å²) >= 11 is 0. The molecule has 2 aliphatic heterocycles. The SMILES string of the molecule is C[C@@H]1CN(C(=O)N2CCCC2CC(=O)O)C[C@H](C)O1. The number of amides is 2. The van der Waals surface area contributed by atoms with Crippen molar-refractivity contribution in [2.45, 2.75) is 51.4 Å². The zero-order valence-electron chi connectivity index (χ0n) is 11.5. The summed E-state index contributed by atoms with van der Waals surface area (Å²) in [5, 5.41) is 8.90. The summed E-state index contributed by atoms with van der Waals surface area (Å²) in [6.07, 6.45) is 1.79. The minimum Gasteiger partial charge on any atom is -0.481 e. The molecule has 2 rings (SSSR count). The molecule has 6 heteroatoms. The van der Waals surface area contributed by atoms with Crippen LogP contribution in [0.3, 0.4) is 0 Å². The van der Waals surface area contributed by atoms with E-state index < -0.39 is 5.97 Å². The van der Waals surface area contributed by atoms with Gasteiger partial charge in [-0.1, -0.05) is 0 Å². The smallest absolute Gasteiger partial charge is 0.320 e. The molecule has 0 aromatic carbocycles. The van der Waals surface area contributed by atoms with E-state index in [1.54, 1.807) is 9.80 Å². The van der Waals surface area contributed by atoms with Gasteiger partial charge in [-0.3, -0.25) is 4.79 Å².